The van der Waals surface area contributed by atoms with Crippen LogP contribution < -0.4 is 35.0 Å². The quantitative estimate of drug-likeness (QED) is 0.225. The first-order chi connectivity index (χ1) is 5.27. The molecule has 0 aliphatic carbocycles. The third kappa shape index (κ3) is 13.6. The molecule has 12 heavy (non-hydrogen) atoms. The summed E-state index contributed by atoms with van der Waals surface area (Å²) >= 11 is -2.43. The molecule has 0 rings (SSSR count). The molecule has 0 amide bonds. The number of nitrogens with one attached hydrogen (secondary N) is 1. The number of hydrogen-bond acceptors (Lipinski definition) is 4. The van der Waals surface area contributed by atoms with Gasteiger partial charge in [0.2, 0.25) is 0 Å². The van der Waals surface area contributed by atoms with Crippen LogP contribution in [0.3, 0.4) is 0 Å². The van der Waals surface area contributed by atoms with Crippen LogP contribution in [0.25, 0.3) is 0 Å². The smallest absolute Gasteiger partial charge is 1.00 e. The van der Waals surface area contributed by atoms with Gasteiger partial charge in [0, 0.05) is 6.54 Å². The maximum Gasteiger partial charge on any atom is 1.00 e. The maximum atomic E-state index is 9.80. The first-order valence-electron chi connectivity index (χ1n) is 3.76. The Labute approximate surface area is 99.7 Å². The van der Waals surface area contributed by atoms with Crippen LogP contribution in [0, 0.1) is 0 Å². The maximum absolute atomic E-state index is 9.80. The molecule has 0 aliphatic rings. The summed E-state index contributed by atoms with van der Waals surface area (Å²) in [6, 6.07) is 0. The van der Waals surface area contributed by atoms with Crippen LogP contribution in [0.2, 0.25) is 0 Å². The van der Waals surface area contributed by atoms with Gasteiger partial charge >= 0.3 is 29.6 Å². The summed E-state index contributed by atoms with van der Waals surface area (Å²) in [5.74, 6) is 0. The summed E-state index contributed by atoms with van der Waals surface area (Å²) in [6.07, 6.45) is 4.42. The Morgan fingerprint density at radius 3 is 2.67 bits per heavy atom. The van der Waals surface area contributed by atoms with E-state index < -0.39 is 11.4 Å². The van der Waals surface area contributed by atoms with Crippen LogP contribution in [0.5, 0.6) is 0 Å². The van der Waals surface area contributed by atoms with E-state index in [4.69, 9.17) is 0 Å². The first-order valence-corrected chi connectivity index (χ1v) is 4.76. The Kier molecular flexibility index (Phi) is 15.5. The van der Waals surface area contributed by atoms with Gasteiger partial charge in [-0.25, -0.2) is 8.49 Å². The second-order valence-electron chi connectivity index (χ2n) is 2.24. The Morgan fingerprint density at radius 1 is 1.50 bits per heavy atom. The van der Waals surface area contributed by atoms with E-state index in [1.165, 1.54) is 12.8 Å². The van der Waals surface area contributed by atoms with Gasteiger partial charge in [-0.2, -0.15) is 5.48 Å². The Balaban J connectivity index is -0.000000500. The van der Waals surface area contributed by atoms with Crippen LogP contribution in [0.15, 0.2) is 0 Å². The Bertz CT molecular complexity index is 120. The topological polar surface area (TPSA) is 61.4 Å². The van der Waals surface area contributed by atoms with E-state index in [2.05, 4.69) is 16.7 Å². The van der Waals surface area contributed by atoms with Gasteiger partial charge in [-0.1, -0.05) is 26.2 Å². The zero-order valence-electron chi connectivity index (χ0n) is 8.67. The van der Waals surface area contributed by atoms with Crippen LogP contribution in [-0.4, -0.2) is 15.3 Å². The predicted octanol–water partition coefficient (Wildman–Crippen LogP) is -2.00. The molecule has 0 radical (unpaired) electrons. The number of hydroxylamine groups is 1. The van der Waals surface area contributed by atoms with Crippen LogP contribution in [-0.2, 0) is 15.6 Å². The fourth-order valence-electron chi connectivity index (χ4n) is 0.714. The standard InChI is InChI=1S/C6H15NO3S.Na.H/c1-2-3-4-5-6-7-10-11(8)9;;/h7H,2-6H2,1H3,(H,8,9);;/q;+1;-1/p-1. The molecule has 4 nitrogen and oxygen atoms in total. The summed E-state index contributed by atoms with van der Waals surface area (Å²) < 4.78 is 23.7. The number of rotatable bonds is 7. The van der Waals surface area contributed by atoms with E-state index in [1.807, 2.05) is 0 Å². The molecule has 0 spiro atoms. The molecule has 0 saturated carbocycles. The van der Waals surface area contributed by atoms with Gasteiger partial charge in [0.25, 0.3) is 0 Å². The largest absolute Gasteiger partial charge is 1.00 e. The van der Waals surface area contributed by atoms with Crippen molar-refractivity contribution in [1.29, 1.82) is 0 Å². The van der Waals surface area contributed by atoms with Gasteiger partial charge in [-0.05, 0) is 6.42 Å². The zero-order chi connectivity index (χ0) is 8.53. The van der Waals surface area contributed by atoms with Gasteiger partial charge in [0.05, 0.1) is 0 Å². The van der Waals surface area contributed by atoms with E-state index in [1.54, 1.807) is 0 Å². The van der Waals surface area contributed by atoms with Crippen LogP contribution >= 0.6 is 0 Å². The Morgan fingerprint density at radius 2 is 2.17 bits per heavy atom. The fourth-order valence-corrected chi connectivity index (χ4v) is 0.893. The number of unbranched alkanes of at least 4 members (excludes halogenated alkanes) is 3. The molecule has 1 unspecified atom stereocenters. The van der Waals surface area contributed by atoms with Gasteiger partial charge in [0.15, 0.2) is 0 Å². The van der Waals surface area contributed by atoms with Crippen LogP contribution in [0.1, 0.15) is 34.0 Å². The van der Waals surface area contributed by atoms with Crippen molar-refractivity contribution in [1.82, 2.24) is 5.48 Å². The van der Waals surface area contributed by atoms with Crippen molar-refractivity contribution in [2.45, 2.75) is 32.6 Å². The molecule has 0 aliphatic heterocycles. The molecule has 0 fully saturated rings. The SMILES string of the molecule is CCCCCCNOS(=O)[O-].[H-].[Na+]. The van der Waals surface area contributed by atoms with Crippen LogP contribution in [0.4, 0.5) is 0 Å². The van der Waals surface area contributed by atoms with Crippen molar-refractivity contribution < 1.29 is 44.0 Å². The van der Waals surface area contributed by atoms with E-state index in [0.717, 1.165) is 12.8 Å². The summed E-state index contributed by atoms with van der Waals surface area (Å²) in [4.78, 5) is 0. The van der Waals surface area contributed by atoms with E-state index in [9.17, 15) is 8.76 Å². The molecule has 1 atom stereocenters. The third-order valence-electron chi connectivity index (χ3n) is 1.26. The average Bonchev–Trinajstić information content (AvgIpc) is 1.96. The Hall–Kier alpha value is 1.03. The second-order valence-corrected chi connectivity index (χ2v) is 2.82. The summed E-state index contributed by atoms with van der Waals surface area (Å²) in [6.45, 7) is 2.71. The van der Waals surface area contributed by atoms with Crippen molar-refractivity contribution in [3.63, 3.8) is 0 Å². The van der Waals surface area contributed by atoms with Crippen molar-refractivity contribution in [3.8, 4) is 0 Å². The molecule has 0 saturated heterocycles. The monoisotopic (exact) mass is 204 g/mol. The van der Waals surface area contributed by atoms with Crippen molar-refractivity contribution >= 4 is 11.4 Å². The predicted molar refractivity (Wildman–Crippen MR) is 43.3 cm³/mol. The average molecular weight is 204 g/mol. The van der Waals surface area contributed by atoms with Gasteiger partial charge in [-0.3, -0.25) is 0 Å². The van der Waals surface area contributed by atoms with E-state index in [-0.39, 0.29) is 31.0 Å². The van der Waals surface area contributed by atoms with Crippen molar-refractivity contribution in [2.24, 2.45) is 0 Å². The normalized spacial score (nSPS) is 12.2. The third-order valence-corrected chi connectivity index (χ3v) is 1.51. The minimum atomic E-state index is -2.43. The van der Waals surface area contributed by atoms with E-state index >= 15 is 0 Å². The van der Waals surface area contributed by atoms with Gasteiger partial charge < -0.3 is 5.98 Å². The van der Waals surface area contributed by atoms with Gasteiger partial charge in [-0.15, -0.1) is 0 Å². The molecule has 0 aromatic heterocycles. The molecular formula is C6H15NNaO3S-. The minimum Gasteiger partial charge on any atom is -1.00 e. The van der Waals surface area contributed by atoms with Crippen molar-refractivity contribution in [2.75, 3.05) is 6.54 Å². The second kappa shape index (κ2) is 12.0. The molecule has 0 aromatic rings. The molecule has 0 heterocycles. The number of hydrogen-bond donors (Lipinski definition) is 1. The minimum absolute atomic E-state index is 0. The molecule has 0 bridgehead atoms. The summed E-state index contributed by atoms with van der Waals surface area (Å²) in [5, 5.41) is 0. The first kappa shape index (κ1) is 15.5. The molecule has 70 valence electrons. The molecule has 1 N–H and O–H groups in total. The molecule has 6 heteroatoms. The molecular weight excluding hydrogens is 189 g/mol. The fraction of sp³-hybridized carbons (Fsp3) is 1.00. The summed E-state index contributed by atoms with van der Waals surface area (Å²) in [5.41, 5.74) is 2.33. The summed E-state index contributed by atoms with van der Waals surface area (Å²) in [7, 11) is 0. The van der Waals surface area contributed by atoms with Gasteiger partial charge in [0.1, 0.15) is 11.4 Å². The zero-order valence-corrected chi connectivity index (χ0v) is 10.5. The molecule has 0 aromatic carbocycles. The van der Waals surface area contributed by atoms with Crippen molar-refractivity contribution in [3.05, 3.63) is 0 Å². The van der Waals surface area contributed by atoms with E-state index in [0.29, 0.717) is 6.54 Å².